The van der Waals surface area contributed by atoms with Gasteiger partial charge in [-0.2, -0.15) is 0 Å². The van der Waals surface area contributed by atoms with Gasteiger partial charge in [-0.25, -0.2) is 4.98 Å². The van der Waals surface area contributed by atoms with E-state index in [4.69, 9.17) is 0 Å². The summed E-state index contributed by atoms with van der Waals surface area (Å²) >= 11 is 1.09. The number of ketones is 1. The van der Waals surface area contributed by atoms with Crippen LogP contribution in [0.4, 0.5) is 0 Å². The normalized spacial score (nSPS) is 10.5. The first-order chi connectivity index (χ1) is 12.0. The summed E-state index contributed by atoms with van der Waals surface area (Å²) < 4.78 is 2.05. The molecule has 6 heteroatoms. The van der Waals surface area contributed by atoms with Gasteiger partial charge in [-0.3, -0.25) is 9.59 Å². The monoisotopic (exact) mass is 432 g/mol. The summed E-state index contributed by atoms with van der Waals surface area (Å²) in [5.41, 5.74) is 3.74. The van der Waals surface area contributed by atoms with Crippen LogP contribution < -0.4 is 0 Å². The molecule has 0 bridgehead atoms. The third-order valence-corrected chi connectivity index (χ3v) is 5.06. The van der Waals surface area contributed by atoms with E-state index in [0.717, 1.165) is 34.2 Å². The SMILES string of the molecule is Br.Cc1ccc(C(=O)CSC(=O)CCn2c(C)nc3ccccc32)cc1. The van der Waals surface area contributed by atoms with E-state index in [1.54, 1.807) is 0 Å². The quantitative estimate of drug-likeness (QED) is 0.526. The van der Waals surface area contributed by atoms with Crippen LogP contribution in [0.2, 0.25) is 0 Å². The van der Waals surface area contributed by atoms with E-state index in [0.29, 0.717) is 18.5 Å². The van der Waals surface area contributed by atoms with Crippen molar-refractivity contribution in [1.29, 1.82) is 0 Å². The van der Waals surface area contributed by atoms with Gasteiger partial charge in [-0.1, -0.05) is 53.7 Å². The first-order valence-electron chi connectivity index (χ1n) is 8.22. The fourth-order valence-electron chi connectivity index (χ4n) is 2.72. The highest BCUT2D eigenvalue weighted by molar-refractivity contribution is 8.93. The molecule has 0 aliphatic carbocycles. The molecule has 0 fully saturated rings. The smallest absolute Gasteiger partial charge is 0.191 e. The maximum Gasteiger partial charge on any atom is 0.191 e. The van der Waals surface area contributed by atoms with Gasteiger partial charge in [0.25, 0.3) is 0 Å². The van der Waals surface area contributed by atoms with Crippen LogP contribution in [-0.2, 0) is 11.3 Å². The number of carbonyl (C=O) groups excluding carboxylic acids is 2. The predicted molar refractivity (Wildman–Crippen MR) is 112 cm³/mol. The summed E-state index contributed by atoms with van der Waals surface area (Å²) in [6.45, 7) is 4.50. The predicted octanol–water partition coefficient (Wildman–Crippen LogP) is 4.76. The Balaban J connectivity index is 0.00000243. The molecule has 3 aromatic rings. The largest absolute Gasteiger partial charge is 0.328 e. The van der Waals surface area contributed by atoms with Crippen molar-refractivity contribution < 1.29 is 9.59 Å². The lowest BCUT2D eigenvalue weighted by Crippen LogP contribution is -2.08. The number of hydrogen-bond donors (Lipinski definition) is 0. The van der Waals surface area contributed by atoms with Crippen molar-refractivity contribution in [3.05, 3.63) is 65.5 Å². The Morgan fingerprint density at radius 3 is 2.46 bits per heavy atom. The van der Waals surface area contributed by atoms with Gasteiger partial charge in [-0.05, 0) is 26.0 Å². The van der Waals surface area contributed by atoms with E-state index in [-0.39, 0.29) is 33.6 Å². The first-order valence-corrected chi connectivity index (χ1v) is 9.20. The Hall–Kier alpha value is -1.92. The summed E-state index contributed by atoms with van der Waals surface area (Å²) in [7, 11) is 0. The summed E-state index contributed by atoms with van der Waals surface area (Å²) in [6, 6.07) is 15.3. The fourth-order valence-corrected chi connectivity index (χ4v) is 3.42. The van der Waals surface area contributed by atoms with Crippen LogP contribution in [0.3, 0.4) is 0 Å². The molecule has 0 aliphatic heterocycles. The number of fused-ring (bicyclic) bond motifs is 1. The minimum atomic E-state index is -0.0115. The van der Waals surface area contributed by atoms with E-state index >= 15 is 0 Å². The molecule has 2 aromatic carbocycles. The maximum absolute atomic E-state index is 12.2. The lowest BCUT2D eigenvalue weighted by atomic mass is 10.1. The van der Waals surface area contributed by atoms with Crippen molar-refractivity contribution in [2.45, 2.75) is 26.8 Å². The summed E-state index contributed by atoms with van der Waals surface area (Å²) in [5.74, 6) is 1.07. The van der Waals surface area contributed by atoms with Gasteiger partial charge < -0.3 is 4.57 Å². The van der Waals surface area contributed by atoms with Crippen LogP contribution in [0.25, 0.3) is 11.0 Å². The number of rotatable bonds is 6. The lowest BCUT2D eigenvalue weighted by Gasteiger charge is -2.06. The topological polar surface area (TPSA) is 52.0 Å². The Labute approximate surface area is 167 Å². The minimum Gasteiger partial charge on any atom is -0.328 e. The number of halogens is 1. The lowest BCUT2D eigenvalue weighted by molar-refractivity contribution is -0.111. The number of thioether (sulfide) groups is 1. The molecular formula is C20H21BrN2O2S. The van der Waals surface area contributed by atoms with Crippen LogP contribution >= 0.6 is 28.7 Å². The minimum absolute atomic E-state index is 0. The van der Waals surface area contributed by atoms with Crippen molar-refractivity contribution in [3.8, 4) is 0 Å². The Morgan fingerprint density at radius 2 is 1.73 bits per heavy atom. The number of para-hydroxylation sites is 2. The summed E-state index contributed by atoms with van der Waals surface area (Å²) in [4.78, 5) is 28.8. The van der Waals surface area contributed by atoms with Crippen molar-refractivity contribution in [2.75, 3.05) is 5.75 Å². The number of nitrogens with zero attached hydrogens (tertiary/aromatic N) is 2. The van der Waals surface area contributed by atoms with Crippen LogP contribution in [-0.4, -0.2) is 26.2 Å². The molecule has 4 nitrogen and oxygen atoms in total. The molecule has 0 atom stereocenters. The Morgan fingerprint density at radius 1 is 1.04 bits per heavy atom. The molecular weight excluding hydrogens is 412 g/mol. The third-order valence-electron chi connectivity index (χ3n) is 4.12. The molecule has 1 heterocycles. The average Bonchev–Trinajstić information content (AvgIpc) is 2.93. The Bertz CT molecular complexity index is 919. The van der Waals surface area contributed by atoms with E-state index in [2.05, 4.69) is 9.55 Å². The molecule has 0 aliphatic rings. The second-order valence-electron chi connectivity index (χ2n) is 6.00. The molecule has 0 N–H and O–H groups in total. The highest BCUT2D eigenvalue weighted by Gasteiger charge is 2.12. The van der Waals surface area contributed by atoms with Gasteiger partial charge in [0.1, 0.15) is 5.82 Å². The summed E-state index contributed by atoms with van der Waals surface area (Å²) in [6.07, 6.45) is 0.382. The highest BCUT2D eigenvalue weighted by Crippen LogP contribution is 2.17. The maximum atomic E-state index is 12.2. The van der Waals surface area contributed by atoms with E-state index in [9.17, 15) is 9.59 Å². The molecule has 1 aromatic heterocycles. The summed E-state index contributed by atoms with van der Waals surface area (Å²) in [5, 5.41) is 0.0256. The zero-order chi connectivity index (χ0) is 17.8. The van der Waals surface area contributed by atoms with Crippen molar-refractivity contribution in [1.82, 2.24) is 9.55 Å². The van der Waals surface area contributed by atoms with Gasteiger partial charge in [-0.15, -0.1) is 17.0 Å². The first kappa shape index (κ1) is 20.4. The van der Waals surface area contributed by atoms with Crippen LogP contribution in [0.1, 0.15) is 28.2 Å². The molecule has 0 saturated carbocycles. The fraction of sp³-hybridized carbons (Fsp3) is 0.250. The van der Waals surface area contributed by atoms with E-state index in [1.807, 2.05) is 62.4 Å². The second kappa shape index (κ2) is 9.14. The van der Waals surface area contributed by atoms with E-state index < -0.39 is 0 Å². The molecule has 3 rings (SSSR count). The van der Waals surface area contributed by atoms with Crippen molar-refractivity contribution in [3.63, 3.8) is 0 Å². The average molecular weight is 433 g/mol. The van der Waals surface area contributed by atoms with Gasteiger partial charge in [0.2, 0.25) is 0 Å². The van der Waals surface area contributed by atoms with Gasteiger partial charge in [0.15, 0.2) is 10.9 Å². The zero-order valence-corrected chi connectivity index (χ0v) is 17.3. The number of hydrogen-bond acceptors (Lipinski definition) is 4. The molecule has 0 radical (unpaired) electrons. The number of aryl methyl sites for hydroxylation is 3. The standard InChI is InChI=1S/C20H20N2O2S.BrH/c1-14-7-9-16(10-8-14)19(23)13-25-20(24)11-12-22-15(2)21-17-5-3-4-6-18(17)22;/h3-10H,11-13H2,1-2H3;1H. The van der Waals surface area contributed by atoms with Crippen LogP contribution in [0, 0.1) is 13.8 Å². The molecule has 26 heavy (non-hydrogen) atoms. The number of carbonyl (C=O) groups is 2. The highest BCUT2D eigenvalue weighted by atomic mass is 79.9. The molecule has 0 spiro atoms. The Kier molecular flexibility index (Phi) is 7.17. The van der Waals surface area contributed by atoms with Gasteiger partial charge in [0, 0.05) is 18.5 Å². The zero-order valence-electron chi connectivity index (χ0n) is 14.8. The number of Topliss-reactive ketones (excluding diaryl/α,β-unsaturated/α-hetero) is 1. The van der Waals surface area contributed by atoms with Crippen LogP contribution in [0.5, 0.6) is 0 Å². The van der Waals surface area contributed by atoms with Gasteiger partial charge in [0.05, 0.1) is 16.8 Å². The van der Waals surface area contributed by atoms with Crippen molar-refractivity contribution >= 4 is 50.7 Å². The van der Waals surface area contributed by atoms with E-state index in [1.165, 1.54) is 0 Å². The number of benzene rings is 2. The third kappa shape index (κ3) is 4.83. The number of imidazole rings is 1. The molecule has 0 amide bonds. The molecule has 0 unspecified atom stereocenters. The number of aromatic nitrogens is 2. The van der Waals surface area contributed by atoms with Crippen molar-refractivity contribution in [2.24, 2.45) is 0 Å². The molecule has 136 valence electrons. The second-order valence-corrected chi connectivity index (χ2v) is 7.03. The molecule has 0 saturated heterocycles. The van der Waals surface area contributed by atoms with Crippen LogP contribution in [0.15, 0.2) is 48.5 Å². The van der Waals surface area contributed by atoms with Gasteiger partial charge >= 0.3 is 0 Å².